The molecule has 0 unspecified atom stereocenters. The number of hydrogen-bond donors (Lipinski definition) is 2. The van der Waals surface area contributed by atoms with E-state index in [1.165, 1.54) is 0 Å². The highest BCUT2D eigenvalue weighted by Gasteiger charge is 2.16. The molecule has 0 saturated heterocycles. The topological polar surface area (TPSA) is 101 Å². The summed E-state index contributed by atoms with van der Waals surface area (Å²) in [5, 5.41) is 1.78. The van der Waals surface area contributed by atoms with E-state index >= 15 is 0 Å². The molecule has 132 valence electrons. The molecule has 7 heteroatoms. The van der Waals surface area contributed by atoms with Crippen LogP contribution in [0.1, 0.15) is 0 Å². The summed E-state index contributed by atoms with van der Waals surface area (Å²) in [4.78, 5) is 8.49. The van der Waals surface area contributed by atoms with Gasteiger partial charge >= 0.3 is 0 Å². The third-order valence-corrected chi connectivity index (χ3v) is 4.55. The van der Waals surface area contributed by atoms with Crippen molar-refractivity contribution in [3.63, 3.8) is 0 Å². The molecule has 0 radical (unpaired) electrons. The van der Waals surface area contributed by atoms with Crippen molar-refractivity contribution < 1.29 is 9.47 Å². The van der Waals surface area contributed by atoms with Crippen LogP contribution in [0.4, 0.5) is 11.8 Å². The Morgan fingerprint density at radius 3 is 2.46 bits per heavy atom. The molecule has 0 bridgehead atoms. The number of methoxy groups -OCH3 is 2. The van der Waals surface area contributed by atoms with Crippen LogP contribution in [0.15, 0.2) is 36.5 Å². The molecule has 2 aromatic heterocycles. The maximum Gasteiger partial charge on any atom is 0.222 e. The lowest BCUT2D eigenvalue weighted by Crippen LogP contribution is -2.01. The smallest absolute Gasteiger partial charge is 0.222 e. The predicted molar refractivity (Wildman–Crippen MR) is 103 cm³/mol. The molecule has 0 aliphatic rings. The van der Waals surface area contributed by atoms with Gasteiger partial charge in [-0.2, -0.15) is 4.98 Å². The number of nitrogen functional groups attached to an aromatic ring is 2. The Morgan fingerprint density at radius 1 is 0.962 bits per heavy atom. The Kier molecular flexibility index (Phi) is 3.57. The molecule has 2 heterocycles. The minimum Gasteiger partial charge on any atom is -0.493 e. The Balaban J connectivity index is 2.10. The van der Waals surface area contributed by atoms with Gasteiger partial charge in [-0.15, -0.1) is 0 Å². The first-order valence-electron chi connectivity index (χ1n) is 8.06. The van der Waals surface area contributed by atoms with Gasteiger partial charge in [0.1, 0.15) is 5.82 Å². The number of benzene rings is 2. The van der Waals surface area contributed by atoms with Crippen molar-refractivity contribution in [2.75, 3.05) is 25.7 Å². The molecule has 0 atom stereocenters. The van der Waals surface area contributed by atoms with Crippen molar-refractivity contribution in [2.24, 2.45) is 7.05 Å². The van der Waals surface area contributed by atoms with Crippen molar-refractivity contribution in [3.05, 3.63) is 36.5 Å². The fraction of sp³-hybridized carbons (Fsp3) is 0.158. The van der Waals surface area contributed by atoms with E-state index in [0.717, 1.165) is 27.4 Å². The summed E-state index contributed by atoms with van der Waals surface area (Å²) in [6.45, 7) is 0. The normalized spacial score (nSPS) is 11.2. The predicted octanol–water partition coefficient (Wildman–Crippen LogP) is 2.97. The first kappa shape index (κ1) is 16.0. The van der Waals surface area contributed by atoms with Crippen LogP contribution in [0.3, 0.4) is 0 Å². The van der Waals surface area contributed by atoms with Gasteiger partial charge in [0, 0.05) is 24.2 Å². The fourth-order valence-corrected chi connectivity index (χ4v) is 3.39. The molecule has 0 amide bonds. The molecule has 0 spiro atoms. The van der Waals surface area contributed by atoms with E-state index in [-0.39, 0.29) is 5.95 Å². The van der Waals surface area contributed by atoms with Gasteiger partial charge in [0.25, 0.3) is 0 Å². The minimum atomic E-state index is 0.156. The largest absolute Gasteiger partial charge is 0.493 e. The van der Waals surface area contributed by atoms with Crippen LogP contribution in [0, 0.1) is 0 Å². The lowest BCUT2D eigenvalue weighted by Gasteiger charge is -2.13. The number of nitrogens with two attached hydrogens (primary N) is 2. The summed E-state index contributed by atoms with van der Waals surface area (Å²) in [6.07, 6.45) is 1.99. The quantitative estimate of drug-likeness (QED) is 0.590. The Bertz CT molecular complexity index is 1150. The number of anilines is 2. The monoisotopic (exact) mass is 349 g/mol. The number of nitrogens with zero attached hydrogens (tertiary/aromatic N) is 3. The zero-order chi connectivity index (χ0) is 18.4. The van der Waals surface area contributed by atoms with Gasteiger partial charge in [-0.1, -0.05) is 6.07 Å². The molecule has 4 rings (SSSR count). The van der Waals surface area contributed by atoms with Crippen LogP contribution in [0.25, 0.3) is 32.9 Å². The molecular formula is C19H19N5O2. The second kappa shape index (κ2) is 5.80. The van der Waals surface area contributed by atoms with Gasteiger partial charge in [-0.25, -0.2) is 4.98 Å². The van der Waals surface area contributed by atoms with Crippen molar-refractivity contribution >= 4 is 33.6 Å². The molecule has 4 N–H and O–H groups in total. The summed E-state index contributed by atoms with van der Waals surface area (Å²) >= 11 is 0. The van der Waals surface area contributed by atoms with Crippen LogP contribution < -0.4 is 20.9 Å². The summed E-state index contributed by atoms with van der Waals surface area (Å²) in [7, 11) is 5.23. The minimum absolute atomic E-state index is 0.156. The third kappa shape index (κ3) is 2.28. The van der Waals surface area contributed by atoms with Crippen molar-refractivity contribution in [1.82, 2.24) is 14.5 Å². The molecule has 2 aromatic carbocycles. The van der Waals surface area contributed by atoms with E-state index in [4.69, 9.17) is 20.9 Å². The summed E-state index contributed by atoms with van der Waals surface area (Å²) in [5.41, 5.74) is 15.6. The summed E-state index contributed by atoms with van der Waals surface area (Å²) in [6, 6.07) is 9.81. The number of fused-ring (bicyclic) bond motifs is 3. The van der Waals surface area contributed by atoms with E-state index in [0.29, 0.717) is 22.8 Å². The first-order chi connectivity index (χ1) is 12.5. The summed E-state index contributed by atoms with van der Waals surface area (Å²) < 4.78 is 12.8. The van der Waals surface area contributed by atoms with Crippen LogP contribution in [-0.4, -0.2) is 28.8 Å². The number of hydrogen-bond acceptors (Lipinski definition) is 6. The highest BCUT2D eigenvalue weighted by atomic mass is 16.5. The number of rotatable bonds is 3. The van der Waals surface area contributed by atoms with Crippen LogP contribution in [0.5, 0.6) is 11.5 Å². The molecule has 0 aliphatic heterocycles. The average Bonchev–Trinajstić information content (AvgIpc) is 3.01. The maximum absolute atomic E-state index is 6.13. The van der Waals surface area contributed by atoms with Crippen molar-refractivity contribution in [3.8, 4) is 22.6 Å². The summed E-state index contributed by atoms with van der Waals surface area (Å²) in [5.74, 6) is 1.87. The van der Waals surface area contributed by atoms with E-state index in [1.807, 2.05) is 43.6 Å². The molecule has 0 fully saturated rings. The average molecular weight is 349 g/mol. The number of aromatic nitrogens is 3. The maximum atomic E-state index is 6.13. The van der Waals surface area contributed by atoms with E-state index in [9.17, 15) is 0 Å². The highest BCUT2D eigenvalue weighted by Crippen LogP contribution is 2.39. The van der Waals surface area contributed by atoms with Gasteiger partial charge in [0.05, 0.1) is 30.6 Å². The zero-order valence-electron chi connectivity index (χ0n) is 14.8. The second-order valence-electron chi connectivity index (χ2n) is 6.04. The van der Waals surface area contributed by atoms with E-state index < -0.39 is 0 Å². The molecule has 4 aromatic rings. The Hall–Kier alpha value is -3.48. The van der Waals surface area contributed by atoms with Gasteiger partial charge in [-0.3, -0.25) is 0 Å². The molecule has 7 nitrogen and oxygen atoms in total. The standard InChI is InChI=1S/C19H19N5O2/c1-24-7-6-11-16-13(22-19(21)23-18(16)20)9-12(17(11)24)10-4-5-14(25-2)15(8-10)26-3/h4-9H,1-3H3,(H4,20,21,22,23). The lowest BCUT2D eigenvalue weighted by molar-refractivity contribution is 0.355. The zero-order valence-corrected chi connectivity index (χ0v) is 14.8. The van der Waals surface area contributed by atoms with Gasteiger partial charge < -0.3 is 25.5 Å². The third-order valence-electron chi connectivity index (χ3n) is 4.55. The van der Waals surface area contributed by atoms with E-state index in [1.54, 1.807) is 14.2 Å². The second-order valence-corrected chi connectivity index (χ2v) is 6.04. The highest BCUT2D eigenvalue weighted by molar-refractivity contribution is 6.15. The van der Waals surface area contributed by atoms with E-state index in [2.05, 4.69) is 14.5 Å². The van der Waals surface area contributed by atoms with Gasteiger partial charge in [0.2, 0.25) is 5.95 Å². The van der Waals surface area contributed by atoms with Crippen molar-refractivity contribution in [1.29, 1.82) is 0 Å². The Labute approximate surface area is 150 Å². The van der Waals surface area contributed by atoms with Crippen LogP contribution in [0.2, 0.25) is 0 Å². The van der Waals surface area contributed by atoms with Crippen LogP contribution >= 0.6 is 0 Å². The Morgan fingerprint density at radius 2 is 1.73 bits per heavy atom. The first-order valence-corrected chi connectivity index (χ1v) is 8.06. The number of ether oxygens (including phenoxy) is 2. The molecule has 26 heavy (non-hydrogen) atoms. The molecule has 0 saturated carbocycles. The molecule has 0 aliphatic carbocycles. The van der Waals surface area contributed by atoms with Gasteiger partial charge in [0.15, 0.2) is 11.5 Å². The van der Waals surface area contributed by atoms with Crippen LogP contribution in [-0.2, 0) is 7.05 Å². The lowest BCUT2D eigenvalue weighted by atomic mass is 9.99. The van der Waals surface area contributed by atoms with Gasteiger partial charge in [-0.05, 0) is 29.8 Å². The number of aryl methyl sites for hydroxylation is 1. The molecular weight excluding hydrogens is 330 g/mol. The SMILES string of the molecule is COc1ccc(-c2cc3nc(N)nc(N)c3c3ccn(C)c23)cc1OC. The van der Waals surface area contributed by atoms with Crippen molar-refractivity contribution in [2.45, 2.75) is 0 Å². The fourth-order valence-electron chi connectivity index (χ4n) is 3.39.